The molecule has 3 N–H and O–H groups in total. The number of phenolic OH excluding ortho intramolecular Hbond substituents is 1. The summed E-state index contributed by atoms with van der Waals surface area (Å²) in [7, 11) is 0. The number of nitrogens with two attached hydrogens (primary N) is 1. The molecule has 1 aromatic rings. The molecule has 0 amide bonds. The summed E-state index contributed by atoms with van der Waals surface area (Å²) in [6, 6.07) is 3.96. The highest BCUT2D eigenvalue weighted by molar-refractivity contribution is 5.85. The van der Waals surface area contributed by atoms with Crippen molar-refractivity contribution >= 4 is 12.4 Å². The SMILES string of the molecule is Cc1cc(CN)c(O)c(C(C)(C)C)c1.Cl. The zero-order valence-corrected chi connectivity index (χ0v) is 10.6. The number of rotatable bonds is 1. The summed E-state index contributed by atoms with van der Waals surface area (Å²) >= 11 is 0. The van der Waals surface area contributed by atoms with E-state index in [1.165, 1.54) is 0 Å². The molecule has 0 saturated carbocycles. The molecule has 1 rings (SSSR count). The Balaban J connectivity index is 0.00000196. The first-order valence-electron chi connectivity index (χ1n) is 4.89. The van der Waals surface area contributed by atoms with Crippen LogP contribution in [0.3, 0.4) is 0 Å². The standard InChI is InChI=1S/C12H19NO.ClH/c1-8-5-9(7-13)11(14)10(6-8)12(2,3)4;/h5-6,14H,7,13H2,1-4H3;1H. The molecular weight excluding hydrogens is 210 g/mol. The fourth-order valence-electron chi connectivity index (χ4n) is 1.58. The molecule has 0 unspecified atom stereocenters. The zero-order chi connectivity index (χ0) is 10.9. The first-order valence-corrected chi connectivity index (χ1v) is 4.89. The van der Waals surface area contributed by atoms with Crippen molar-refractivity contribution in [1.82, 2.24) is 0 Å². The third kappa shape index (κ3) is 3.11. The number of benzene rings is 1. The van der Waals surface area contributed by atoms with E-state index in [0.29, 0.717) is 12.3 Å². The third-order valence-corrected chi connectivity index (χ3v) is 2.36. The Hall–Kier alpha value is -0.730. The van der Waals surface area contributed by atoms with Crippen molar-refractivity contribution in [3.8, 4) is 5.75 Å². The van der Waals surface area contributed by atoms with Gasteiger partial charge in [0.05, 0.1) is 0 Å². The summed E-state index contributed by atoms with van der Waals surface area (Å²) in [5, 5.41) is 9.97. The van der Waals surface area contributed by atoms with Crippen LogP contribution in [-0.4, -0.2) is 5.11 Å². The van der Waals surface area contributed by atoms with E-state index in [9.17, 15) is 5.11 Å². The van der Waals surface area contributed by atoms with Crippen molar-refractivity contribution in [2.24, 2.45) is 5.73 Å². The largest absolute Gasteiger partial charge is 0.507 e. The quantitative estimate of drug-likeness (QED) is 0.778. The first kappa shape index (κ1) is 14.3. The number of hydrogen-bond acceptors (Lipinski definition) is 2. The van der Waals surface area contributed by atoms with Gasteiger partial charge < -0.3 is 10.8 Å². The van der Waals surface area contributed by atoms with Crippen LogP contribution in [0.25, 0.3) is 0 Å². The van der Waals surface area contributed by atoms with Gasteiger partial charge in [0.25, 0.3) is 0 Å². The Kier molecular flexibility index (Phi) is 4.63. The molecule has 0 aliphatic heterocycles. The first-order chi connectivity index (χ1) is 6.36. The number of hydrogen-bond donors (Lipinski definition) is 2. The molecule has 0 aliphatic rings. The molecule has 0 fully saturated rings. The summed E-state index contributed by atoms with van der Waals surface area (Å²) in [4.78, 5) is 0. The summed E-state index contributed by atoms with van der Waals surface area (Å²) in [5.41, 5.74) is 8.48. The fraction of sp³-hybridized carbons (Fsp3) is 0.500. The lowest BCUT2D eigenvalue weighted by Gasteiger charge is -2.22. The molecule has 0 bridgehead atoms. The Morgan fingerprint density at radius 3 is 2.20 bits per heavy atom. The Morgan fingerprint density at radius 2 is 1.80 bits per heavy atom. The molecular formula is C12H20ClNO. The van der Waals surface area contributed by atoms with Crippen LogP contribution in [0.2, 0.25) is 0 Å². The molecule has 0 heterocycles. The summed E-state index contributed by atoms with van der Waals surface area (Å²) in [5.74, 6) is 0.352. The van der Waals surface area contributed by atoms with Crippen LogP contribution >= 0.6 is 12.4 Å². The minimum absolute atomic E-state index is 0. The van der Waals surface area contributed by atoms with Crippen LogP contribution in [-0.2, 0) is 12.0 Å². The second kappa shape index (κ2) is 4.86. The van der Waals surface area contributed by atoms with Crippen molar-refractivity contribution in [2.75, 3.05) is 0 Å². The number of phenols is 1. The van der Waals surface area contributed by atoms with Crippen LogP contribution in [0.5, 0.6) is 5.75 Å². The second-order valence-electron chi connectivity index (χ2n) is 4.77. The van der Waals surface area contributed by atoms with Crippen molar-refractivity contribution in [3.05, 3.63) is 28.8 Å². The van der Waals surface area contributed by atoms with Gasteiger partial charge in [0.1, 0.15) is 5.75 Å². The summed E-state index contributed by atoms with van der Waals surface area (Å²) < 4.78 is 0. The normalized spacial score (nSPS) is 11.0. The van der Waals surface area contributed by atoms with Crippen LogP contribution in [0.15, 0.2) is 12.1 Å². The molecule has 86 valence electrons. The van der Waals surface area contributed by atoms with E-state index >= 15 is 0 Å². The lowest BCUT2D eigenvalue weighted by Crippen LogP contribution is -2.13. The van der Waals surface area contributed by atoms with Gasteiger partial charge in [-0.2, -0.15) is 0 Å². The highest BCUT2D eigenvalue weighted by Crippen LogP contribution is 2.33. The summed E-state index contributed by atoms with van der Waals surface area (Å²) in [6.45, 7) is 8.66. The van der Waals surface area contributed by atoms with Crippen molar-refractivity contribution in [2.45, 2.75) is 39.7 Å². The van der Waals surface area contributed by atoms with Gasteiger partial charge >= 0.3 is 0 Å². The topological polar surface area (TPSA) is 46.2 Å². The highest BCUT2D eigenvalue weighted by Gasteiger charge is 2.19. The number of aromatic hydroxyl groups is 1. The molecule has 0 aromatic heterocycles. The molecule has 0 saturated heterocycles. The molecule has 15 heavy (non-hydrogen) atoms. The van der Waals surface area contributed by atoms with E-state index < -0.39 is 0 Å². The predicted octanol–water partition coefficient (Wildman–Crippen LogP) is 2.88. The van der Waals surface area contributed by atoms with E-state index in [-0.39, 0.29) is 17.8 Å². The maximum Gasteiger partial charge on any atom is 0.123 e. The van der Waals surface area contributed by atoms with Gasteiger partial charge in [-0.25, -0.2) is 0 Å². The average molecular weight is 230 g/mol. The van der Waals surface area contributed by atoms with Gasteiger partial charge in [-0.3, -0.25) is 0 Å². The van der Waals surface area contributed by atoms with E-state index in [0.717, 1.165) is 16.7 Å². The summed E-state index contributed by atoms with van der Waals surface area (Å²) in [6.07, 6.45) is 0. The molecule has 1 aromatic carbocycles. The average Bonchev–Trinajstić information content (AvgIpc) is 2.06. The van der Waals surface area contributed by atoms with Crippen LogP contribution < -0.4 is 5.73 Å². The Labute approximate surface area is 97.9 Å². The van der Waals surface area contributed by atoms with Gasteiger partial charge in [-0.1, -0.05) is 38.5 Å². The maximum absolute atomic E-state index is 9.97. The minimum Gasteiger partial charge on any atom is -0.507 e. The lowest BCUT2D eigenvalue weighted by atomic mass is 9.84. The van der Waals surface area contributed by atoms with E-state index in [1.54, 1.807) is 0 Å². The minimum atomic E-state index is -0.0416. The molecule has 0 aliphatic carbocycles. The van der Waals surface area contributed by atoms with Gasteiger partial charge in [-0.05, 0) is 17.9 Å². The predicted molar refractivity (Wildman–Crippen MR) is 66.7 cm³/mol. The van der Waals surface area contributed by atoms with E-state index in [1.807, 2.05) is 19.1 Å². The second-order valence-corrected chi connectivity index (χ2v) is 4.77. The van der Waals surface area contributed by atoms with Crippen molar-refractivity contribution < 1.29 is 5.11 Å². The zero-order valence-electron chi connectivity index (χ0n) is 9.79. The van der Waals surface area contributed by atoms with Gasteiger partial charge in [0, 0.05) is 12.1 Å². The van der Waals surface area contributed by atoms with Crippen LogP contribution in [0, 0.1) is 6.92 Å². The maximum atomic E-state index is 9.97. The molecule has 0 radical (unpaired) electrons. The van der Waals surface area contributed by atoms with Gasteiger partial charge in [0.2, 0.25) is 0 Å². The third-order valence-electron chi connectivity index (χ3n) is 2.36. The number of aryl methyl sites for hydroxylation is 1. The monoisotopic (exact) mass is 229 g/mol. The molecule has 0 spiro atoms. The van der Waals surface area contributed by atoms with Gasteiger partial charge in [-0.15, -0.1) is 12.4 Å². The van der Waals surface area contributed by atoms with Crippen LogP contribution in [0.4, 0.5) is 0 Å². The van der Waals surface area contributed by atoms with Crippen molar-refractivity contribution in [1.29, 1.82) is 0 Å². The van der Waals surface area contributed by atoms with Gasteiger partial charge in [0.15, 0.2) is 0 Å². The smallest absolute Gasteiger partial charge is 0.123 e. The van der Waals surface area contributed by atoms with E-state index in [4.69, 9.17) is 5.73 Å². The lowest BCUT2D eigenvalue weighted by molar-refractivity contribution is 0.440. The van der Waals surface area contributed by atoms with E-state index in [2.05, 4.69) is 20.8 Å². The molecule has 3 heteroatoms. The molecule has 2 nitrogen and oxygen atoms in total. The Bertz CT molecular complexity index is 342. The highest BCUT2D eigenvalue weighted by atomic mass is 35.5. The van der Waals surface area contributed by atoms with Crippen molar-refractivity contribution in [3.63, 3.8) is 0 Å². The fourth-order valence-corrected chi connectivity index (χ4v) is 1.58. The Morgan fingerprint density at radius 1 is 1.27 bits per heavy atom. The molecule has 0 atom stereocenters. The number of halogens is 1. The van der Waals surface area contributed by atoms with Crippen LogP contribution in [0.1, 0.15) is 37.5 Å².